The lowest BCUT2D eigenvalue weighted by Crippen LogP contribution is -2.12. The molecule has 21 heavy (non-hydrogen) atoms. The summed E-state index contributed by atoms with van der Waals surface area (Å²) < 4.78 is 5.78. The molecule has 0 saturated carbocycles. The highest BCUT2D eigenvalue weighted by Gasteiger charge is 2.03. The van der Waals surface area contributed by atoms with Crippen molar-refractivity contribution in [1.29, 1.82) is 0 Å². The Morgan fingerprint density at radius 1 is 1.14 bits per heavy atom. The molecule has 0 amide bonds. The van der Waals surface area contributed by atoms with E-state index in [4.69, 9.17) is 27.9 Å². The summed E-state index contributed by atoms with van der Waals surface area (Å²) in [6.07, 6.45) is 1.84. The molecule has 0 atom stereocenters. The number of halogens is 2. The van der Waals surface area contributed by atoms with Crippen LogP contribution in [0.1, 0.15) is 11.1 Å². The minimum absolute atomic E-state index is 0.416. The molecule has 0 aliphatic heterocycles. The van der Waals surface area contributed by atoms with Gasteiger partial charge < -0.3 is 10.1 Å². The van der Waals surface area contributed by atoms with Gasteiger partial charge >= 0.3 is 0 Å². The van der Waals surface area contributed by atoms with Crippen molar-refractivity contribution in [1.82, 2.24) is 5.32 Å². The molecule has 2 aromatic rings. The first-order valence-electron chi connectivity index (χ1n) is 6.66. The Hall–Kier alpha value is -1.48. The van der Waals surface area contributed by atoms with Gasteiger partial charge in [0, 0.05) is 28.7 Å². The molecule has 4 heteroatoms. The van der Waals surface area contributed by atoms with Crippen LogP contribution < -0.4 is 10.1 Å². The third-order valence-electron chi connectivity index (χ3n) is 2.93. The smallest absolute Gasteiger partial charge is 0.120 e. The van der Waals surface area contributed by atoms with Crippen molar-refractivity contribution in [2.75, 3.05) is 6.54 Å². The van der Waals surface area contributed by atoms with E-state index in [2.05, 4.69) is 18.0 Å². The van der Waals surface area contributed by atoms with E-state index in [0.29, 0.717) is 16.7 Å². The predicted molar refractivity (Wildman–Crippen MR) is 89.1 cm³/mol. The van der Waals surface area contributed by atoms with E-state index >= 15 is 0 Å². The van der Waals surface area contributed by atoms with Crippen molar-refractivity contribution in [3.05, 3.63) is 76.3 Å². The largest absolute Gasteiger partial charge is 0.489 e. The predicted octanol–water partition coefficient (Wildman–Crippen LogP) is 4.85. The van der Waals surface area contributed by atoms with Crippen LogP contribution in [0.4, 0.5) is 0 Å². The molecule has 0 aromatic heterocycles. The topological polar surface area (TPSA) is 21.3 Å². The minimum Gasteiger partial charge on any atom is -0.489 e. The average molecular weight is 322 g/mol. The second kappa shape index (κ2) is 8.08. The first-order valence-corrected chi connectivity index (χ1v) is 7.42. The molecular formula is C17H17Cl2NO. The Morgan fingerprint density at radius 2 is 2.00 bits per heavy atom. The van der Waals surface area contributed by atoms with Gasteiger partial charge in [0.25, 0.3) is 0 Å². The average Bonchev–Trinajstić information content (AvgIpc) is 2.47. The van der Waals surface area contributed by atoms with Crippen molar-refractivity contribution in [2.45, 2.75) is 13.2 Å². The van der Waals surface area contributed by atoms with Crippen molar-refractivity contribution in [2.24, 2.45) is 0 Å². The Morgan fingerprint density at radius 3 is 2.76 bits per heavy atom. The monoisotopic (exact) mass is 321 g/mol. The van der Waals surface area contributed by atoms with Crippen molar-refractivity contribution in [3.63, 3.8) is 0 Å². The standard InChI is InChI=1S/C17H17Cl2NO/c1-2-8-20-11-13-4-3-5-16(9-13)21-12-14-6-7-15(18)10-17(14)19/h2-7,9-10,20H,1,8,11-12H2. The Bertz CT molecular complexity index is 613. The zero-order chi connectivity index (χ0) is 15.1. The summed E-state index contributed by atoms with van der Waals surface area (Å²) in [5.74, 6) is 0.818. The van der Waals surface area contributed by atoms with Gasteiger partial charge in [-0.1, -0.05) is 47.5 Å². The molecule has 0 radical (unpaired) electrons. The lowest BCUT2D eigenvalue weighted by molar-refractivity contribution is 0.306. The van der Waals surface area contributed by atoms with Crippen LogP contribution in [0, 0.1) is 0 Å². The van der Waals surface area contributed by atoms with Gasteiger partial charge in [0.1, 0.15) is 12.4 Å². The summed E-state index contributed by atoms with van der Waals surface area (Å²) in [4.78, 5) is 0. The van der Waals surface area contributed by atoms with E-state index in [9.17, 15) is 0 Å². The van der Waals surface area contributed by atoms with Crippen LogP contribution >= 0.6 is 23.2 Å². The second-order valence-electron chi connectivity index (χ2n) is 4.59. The molecule has 0 aliphatic carbocycles. The van der Waals surface area contributed by atoms with Gasteiger partial charge in [-0.05, 0) is 29.8 Å². The van der Waals surface area contributed by atoms with Gasteiger partial charge in [0.15, 0.2) is 0 Å². The molecule has 110 valence electrons. The number of ether oxygens (including phenoxy) is 1. The van der Waals surface area contributed by atoms with Gasteiger partial charge in [-0.15, -0.1) is 6.58 Å². The van der Waals surface area contributed by atoms with Crippen LogP contribution in [0.2, 0.25) is 10.0 Å². The first-order chi connectivity index (χ1) is 10.2. The molecule has 2 rings (SSSR count). The quantitative estimate of drug-likeness (QED) is 0.581. The molecule has 0 saturated heterocycles. The number of rotatable bonds is 7. The van der Waals surface area contributed by atoms with Gasteiger partial charge in [0.05, 0.1) is 0 Å². The highest BCUT2D eigenvalue weighted by atomic mass is 35.5. The molecule has 0 unspecified atom stereocenters. The van der Waals surface area contributed by atoms with Crippen molar-refractivity contribution >= 4 is 23.2 Å². The number of nitrogens with one attached hydrogen (secondary N) is 1. The molecule has 0 fully saturated rings. The zero-order valence-electron chi connectivity index (χ0n) is 11.6. The normalized spacial score (nSPS) is 10.4. The molecule has 2 aromatic carbocycles. The minimum atomic E-state index is 0.416. The molecule has 0 bridgehead atoms. The van der Waals surface area contributed by atoms with Gasteiger partial charge in [-0.2, -0.15) is 0 Å². The fourth-order valence-corrected chi connectivity index (χ4v) is 2.33. The first kappa shape index (κ1) is 15.9. The molecule has 0 heterocycles. The van der Waals surface area contributed by atoms with E-state index in [1.54, 1.807) is 6.07 Å². The maximum Gasteiger partial charge on any atom is 0.120 e. The molecule has 0 aliphatic rings. The maximum absolute atomic E-state index is 6.13. The van der Waals surface area contributed by atoms with Crippen LogP contribution in [-0.2, 0) is 13.2 Å². The summed E-state index contributed by atoms with van der Waals surface area (Å²) in [6.45, 7) is 5.66. The SMILES string of the molecule is C=CCNCc1cccc(OCc2ccc(Cl)cc2Cl)c1. The van der Waals surface area contributed by atoms with E-state index in [0.717, 1.165) is 30.0 Å². The molecular weight excluding hydrogens is 305 g/mol. The highest BCUT2D eigenvalue weighted by molar-refractivity contribution is 6.35. The van der Waals surface area contributed by atoms with Crippen LogP contribution in [0.5, 0.6) is 5.75 Å². The Labute approximate surface area is 135 Å². The Kier molecular flexibility index (Phi) is 6.12. The number of hydrogen-bond donors (Lipinski definition) is 1. The summed E-state index contributed by atoms with van der Waals surface area (Å²) in [5.41, 5.74) is 2.08. The fourth-order valence-electron chi connectivity index (χ4n) is 1.86. The van der Waals surface area contributed by atoms with E-state index in [1.165, 1.54) is 0 Å². The molecule has 2 nitrogen and oxygen atoms in total. The van der Waals surface area contributed by atoms with Gasteiger partial charge in [-0.3, -0.25) is 0 Å². The van der Waals surface area contributed by atoms with Crippen molar-refractivity contribution < 1.29 is 4.74 Å². The van der Waals surface area contributed by atoms with Gasteiger partial charge in [-0.25, -0.2) is 0 Å². The summed E-state index contributed by atoms with van der Waals surface area (Å²) in [6, 6.07) is 13.4. The van der Waals surface area contributed by atoms with Crippen LogP contribution in [0.15, 0.2) is 55.1 Å². The highest BCUT2D eigenvalue weighted by Crippen LogP contribution is 2.23. The van der Waals surface area contributed by atoms with Crippen LogP contribution in [0.3, 0.4) is 0 Å². The lowest BCUT2D eigenvalue weighted by Gasteiger charge is -2.10. The van der Waals surface area contributed by atoms with Gasteiger partial charge in [0.2, 0.25) is 0 Å². The van der Waals surface area contributed by atoms with Crippen molar-refractivity contribution in [3.8, 4) is 5.75 Å². The summed E-state index contributed by atoms with van der Waals surface area (Å²) in [5, 5.41) is 4.50. The second-order valence-corrected chi connectivity index (χ2v) is 5.44. The van der Waals surface area contributed by atoms with Crippen LogP contribution in [0.25, 0.3) is 0 Å². The Balaban J connectivity index is 1.96. The van der Waals surface area contributed by atoms with E-state index in [1.807, 2.05) is 36.4 Å². The van der Waals surface area contributed by atoms with E-state index < -0.39 is 0 Å². The third kappa shape index (κ3) is 5.09. The number of hydrogen-bond acceptors (Lipinski definition) is 2. The fraction of sp³-hybridized carbons (Fsp3) is 0.176. The van der Waals surface area contributed by atoms with Crippen LogP contribution in [-0.4, -0.2) is 6.54 Å². The summed E-state index contributed by atoms with van der Waals surface area (Å²) >= 11 is 12.0. The lowest BCUT2D eigenvalue weighted by atomic mass is 10.2. The molecule has 0 spiro atoms. The molecule has 1 N–H and O–H groups in total. The summed E-state index contributed by atoms with van der Waals surface area (Å²) in [7, 11) is 0. The maximum atomic E-state index is 6.13. The third-order valence-corrected chi connectivity index (χ3v) is 3.51. The van der Waals surface area contributed by atoms with E-state index in [-0.39, 0.29) is 0 Å². The zero-order valence-corrected chi connectivity index (χ0v) is 13.1. The number of benzene rings is 2.